The van der Waals surface area contributed by atoms with E-state index in [1.807, 2.05) is 0 Å². The van der Waals surface area contributed by atoms with Gasteiger partial charge in [0.1, 0.15) is 11.6 Å². The fraction of sp³-hybridized carbons (Fsp3) is 0.143. The highest BCUT2D eigenvalue weighted by Crippen LogP contribution is 2.19. The minimum Gasteiger partial charge on any atom is -0.478 e. The van der Waals surface area contributed by atoms with Gasteiger partial charge in [-0.1, -0.05) is 12.1 Å². The lowest BCUT2D eigenvalue weighted by Gasteiger charge is -2.19. The number of rotatable bonds is 4. The molecule has 0 saturated heterocycles. The predicted octanol–water partition coefficient (Wildman–Crippen LogP) is 2.14. The average Bonchev–Trinajstić information content (AvgIpc) is 2.41. The SMILES string of the molecule is CN(Cc1ccc(F)cc1)c1cc(C(=O)O)c(N)cn1. The molecule has 0 spiro atoms. The maximum absolute atomic E-state index is 12.8. The number of hydrogen-bond donors (Lipinski definition) is 2. The second kappa shape index (κ2) is 5.56. The molecule has 3 N–H and O–H groups in total. The maximum Gasteiger partial charge on any atom is 0.337 e. The first kappa shape index (κ1) is 13.8. The first-order chi connectivity index (χ1) is 9.47. The van der Waals surface area contributed by atoms with E-state index in [4.69, 9.17) is 10.8 Å². The molecule has 0 unspecified atom stereocenters. The van der Waals surface area contributed by atoms with Crippen LogP contribution in [0.1, 0.15) is 15.9 Å². The first-order valence-electron chi connectivity index (χ1n) is 5.92. The Morgan fingerprint density at radius 1 is 1.40 bits per heavy atom. The predicted molar refractivity (Wildman–Crippen MR) is 74.1 cm³/mol. The highest BCUT2D eigenvalue weighted by atomic mass is 19.1. The third-order valence-electron chi connectivity index (χ3n) is 2.87. The van der Waals surface area contributed by atoms with E-state index in [1.165, 1.54) is 24.4 Å². The van der Waals surface area contributed by atoms with Crippen molar-refractivity contribution in [3.63, 3.8) is 0 Å². The van der Waals surface area contributed by atoms with E-state index in [-0.39, 0.29) is 17.1 Å². The van der Waals surface area contributed by atoms with Gasteiger partial charge in [0, 0.05) is 13.6 Å². The van der Waals surface area contributed by atoms with Gasteiger partial charge in [0.25, 0.3) is 0 Å². The van der Waals surface area contributed by atoms with Gasteiger partial charge in [-0.2, -0.15) is 0 Å². The molecule has 0 saturated carbocycles. The van der Waals surface area contributed by atoms with E-state index in [2.05, 4.69) is 4.98 Å². The second-order valence-corrected chi connectivity index (χ2v) is 4.42. The zero-order valence-corrected chi connectivity index (χ0v) is 10.9. The number of carboxylic acids is 1. The molecule has 0 aliphatic rings. The zero-order chi connectivity index (χ0) is 14.7. The molecule has 0 aliphatic carbocycles. The van der Waals surface area contributed by atoms with E-state index in [0.29, 0.717) is 12.4 Å². The topological polar surface area (TPSA) is 79.5 Å². The number of benzene rings is 1. The molecule has 0 atom stereocenters. The summed E-state index contributed by atoms with van der Waals surface area (Å²) in [5.41, 5.74) is 6.59. The molecule has 1 aromatic heterocycles. The molecule has 1 aromatic carbocycles. The number of carboxylic acid groups (broad SMARTS) is 1. The van der Waals surface area contributed by atoms with Crippen LogP contribution >= 0.6 is 0 Å². The van der Waals surface area contributed by atoms with Crippen molar-refractivity contribution in [2.24, 2.45) is 0 Å². The van der Waals surface area contributed by atoms with Crippen LogP contribution in [0.2, 0.25) is 0 Å². The summed E-state index contributed by atoms with van der Waals surface area (Å²) in [6.45, 7) is 0.482. The quantitative estimate of drug-likeness (QED) is 0.893. The van der Waals surface area contributed by atoms with Crippen LogP contribution in [0, 0.1) is 5.82 Å². The summed E-state index contributed by atoms with van der Waals surface area (Å²) in [6.07, 6.45) is 1.32. The fourth-order valence-corrected chi connectivity index (χ4v) is 1.79. The summed E-state index contributed by atoms with van der Waals surface area (Å²) in [4.78, 5) is 16.9. The standard InChI is InChI=1S/C14H14FN3O2/c1-18(8-9-2-4-10(15)5-3-9)13-6-11(14(19)20)12(16)7-17-13/h2-7H,8,16H2,1H3,(H,19,20). The first-order valence-corrected chi connectivity index (χ1v) is 5.92. The van der Waals surface area contributed by atoms with E-state index in [9.17, 15) is 9.18 Å². The highest BCUT2D eigenvalue weighted by molar-refractivity contribution is 5.94. The average molecular weight is 275 g/mol. The molecule has 2 rings (SSSR count). The number of carbonyl (C=O) groups is 1. The van der Waals surface area contributed by atoms with E-state index < -0.39 is 5.97 Å². The van der Waals surface area contributed by atoms with Crippen molar-refractivity contribution in [3.8, 4) is 0 Å². The molecule has 5 nitrogen and oxygen atoms in total. The molecule has 6 heteroatoms. The summed E-state index contributed by atoms with van der Waals surface area (Å²) in [7, 11) is 1.77. The number of pyridine rings is 1. The van der Waals surface area contributed by atoms with Crippen LogP contribution in [-0.2, 0) is 6.54 Å². The third kappa shape index (κ3) is 3.03. The normalized spacial score (nSPS) is 10.3. The Morgan fingerprint density at radius 3 is 2.65 bits per heavy atom. The van der Waals surface area contributed by atoms with Gasteiger partial charge in [-0.05, 0) is 23.8 Å². The van der Waals surface area contributed by atoms with Crippen molar-refractivity contribution in [2.75, 3.05) is 17.7 Å². The van der Waals surface area contributed by atoms with Crippen molar-refractivity contribution in [2.45, 2.75) is 6.54 Å². The lowest BCUT2D eigenvalue weighted by Crippen LogP contribution is -2.18. The molecular formula is C14H14FN3O2. The van der Waals surface area contributed by atoms with Crippen LogP contribution in [0.3, 0.4) is 0 Å². The van der Waals surface area contributed by atoms with Crippen molar-refractivity contribution in [1.29, 1.82) is 0 Å². The van der Waals surface area contributed by atoms with Gasteiger partial charge in [-0.3, -0.25) is 0 Å². The van der Waals surface area contributed by atoms with Gasteiger partial charge in [0.05, 0.1) is 17.4 Å². The molecule has 2 aromatic rings. The Balaban J connectivity index is 2.20. The summed E-state index contributed by atoms with van der Waals surface area (Å²) >= 11 is 0. The van der Waals surface area contributed by atoms with Crippen molar-refractivity contribution >= 4 is 17.5 Å². The van der Waals surface area contributed by atoms with Crippen LogP contribution in [0.4, 0.5) is 15.9 Å². The van der Waals surface area contributed by atoms with E-state index >= 15 is 0 Å². The smallest absolute Gasteiger partial charge is 0.337 e. The number of hydrogen-bond acceptors (Lipinski definition) is 4. The molecule has 0 aliphatic heterocycles. The second-order valence-electron chi connectivity index (χ2n) is 4.42. The van der Waals surface area contributed by atoms with Crippen LogP contribution < -0.4 is 10.6 Å². The van der Waals surface area contributed by atoms with Gasteiger partial charge >= 0.3 is 5.97 Å². The lowest BCUT2D eigenvalue weighted by molar-refractivity contribution is 0.0698. The zero-order valence-electron chi connectivity index (χ0n) is 10.9. The van der Waals surface area contributed by atoms with Gasteiger partial charge < -0.3 is 15.7 Å². The number of nitrogens with two attached hydrogens (primary N) is 1. The molecule has 0 bridgehead atoms. The number of halogens is 1. The molecule has 0 fully saturated rings. The summed E-state index contributed by atoms with van der Waals surface area (Å²) in [5, 5.41) is 9.02. The minimum atomic E-state index is -1.10. The van der Waals surface area contributed by atoms with Crippen LogP contribution in [0.15, 0.2) is 36.5 Å². The van der Waals surface area contributed by atoms with E-state index in [1.54, 1.807) is 24.1 Å². The summed E-state index contributed by atoms with van der Waals surface area (Å²) in [5.74, 6) is -0.905. The largest absolute Gasteiger partial charge is 0.478 e. The molecule has 0 amide bonds. The maximum atomic E-state index is 12.8. The fourth-order valence-electron chi connectivity index (χ4n) is 1.79. The van der Waals surface area contributed by atoms with Crippen molar-refractivity contribution < 1.29 is 14.3 Å². The van der Waals surface area contributed by atoms with Gasteiger partial charge in [0.2, 0.25) is 0 Å². The monoisotopic (exact) mass is 275 g/mol. The Kier molecular flexibility index (Phi) is 3.84. The number of aromatic nitrogens is 1. The van der Waals surface area contributed by atoms with Crippen LogP contribution in [0.5, 0.6) is 0 Å². The number of nitrogens with zero attached hydrogens (tertiary/aromatic N) is 2. The Labute approximate surface area is 115 Å². The summed E-state index contributed by atoms with van der Waals surface area (Å²) in [6, 6.07) is 7.51. The number of anilines is 2. The third-order valence-corrected chi connectivity index (χ3v) is 2.87. The molecule has 104 valence electrons. The molecule has 0 radical (unpaired) electrons. The lowest BCUT2D eigenvalue weighted by atomic mass is 10.2. The molecular weight excluding hydrogens is 261 g/mol. The van der Waals surface area contributed by atoms with Crippen LogP contribution in [-0.4, -0.2) is 23.1 Å². The van der Waals surface area contributed by atoms with Crippen LogP contribution in [0.25, 0.3) is 0 Å². The Bertz CT molecular complexity index is 629. The van der Waals surface area contributed by atoms with Gasteiger partial charge in [0.15, 0.2) is 0 Å². The van der Waals surface area contributed by atoms with Gasteiger partial charge in [-0.25, -0.2) is 14.2 Å². The summed E-state index contributed by atoms with van der Waals surface area (Å²) < 4.78 is 12.8. The highest BCUT2D eigenvalue weighted by Gasteiger charge is 2.12. The van der Waals surface area contributed by atoms with Crippen molar-refractivity contribution in [3.05, 3.63) is 53.5 Å². The Morgan fingerprint density at radius 2 is 2.05 bits per heavy atom. The number of aromatic carboxylic acids is 1. The Hall–Kier alpha value is -2.63. The van der Waals surface area contributed by atoms with Gasteiger partial charge in [-0.15, -0.1) is 0 Å². The minimum absolute atomic E-state index is 0.0148. The van der Waals surface area contributed by atoms with E-state index in [0.717, 1.165) is 5.56 Å². The molecule has 20 heavy (non-hydrogen) atoms. The molecule has 1 heterocycles. The number of nitrogen functional groups attached to an aromatic ring is 1. The van der Waals surface area contributed by atoms with Crippen molar-refractivity contribution in [1.82, 2.24) is 4.98 Å².